The number of pyridine rings is 2. The molecule has 162 valence electrons. The Morgan fingerprint density at radius 2 is 1.75 bits per heavy atom. The van der Waals surface area contributed by atoms with Crippen LogP contribution in [0, 0.1) is 0 Å². The molecular weight excluding hydrogens is 467 g/mol. The second-order valence-electron chi connectivity index (χ2n) is 7.48. The number of nitrogens with one attached hydrogen (secondary N) is 1. The van der Waals surface area contributed by atoms with Crippen molar-refractivity contribution in [3.63, 3.8) is 0 Å². The molecule has 3 heterocycles. The molecule has 0 radical (unpaired) electrons. The maximum atomic E-state index is 13.3. The van der Waals surface area contributed by atoms with Crippen LogP contribution in [0.4, 0.5) is 11.5 Å². The van der Waals surface area contributed by atoms with Crippen LogP contribution in [0.2, 0.25) is 10.0 Å². The van der Waals surface area contributed by atoms with Crippen LogP contribution >= 0.6 is 23.2 Å². The van der Waals surface area contributed by atoms with Crippen molar-refractivity contribution in [2.24, 2.45) is 0 Å². The largest absolute Gasteiger partial charge is 0.339 e. The van der Waals surface area contributed by atoms with Crippen LogP contribution in [-0.2, 0) is 23.0 Å². The highest BCUT2D eigenvalue weighted by Gasteiger charge is 2.32. The fourth-order valence-corrected chi connectivity index (χ4v) is 6.42. The van der Waals surface area contributed by atoms with Crippen LogP contribution < -0.4 is 5.32 Å². The van der Waals surface area contributed by atoms with Crippen molar-refractivity contribution < 1.29 is 8.42 Å². The third kappa shape index (κ3) is 3.82. The summed E-state index contributed by atoms with van der Waals surface area (Å²) in [5.74, 6) is 0.701. The molecule has 32 heavy (non-hydrogen) atoms. The molecule has 0 atom stereocenters. The number of para-hydroxylation sites is 1. The number of hydrogen-bond acceptors (Lipinski definition) is 5. The number of hydrogen-bond donors (Lipinski definition) is 1. The first kappa shape index (κ1) is 21.2. The van der Waals surface area contributed by atoms with Gasteiger partial charge >= 0.3 is 0 Å². The maximum absolute atomic E-state index is 13.3. The van der Waals surface area contributed by atoms with Crippen molar-refractivity contribution in [2.75, 3.05) is 11.9 Å². The SMILES string of the molecule is O=S(=O)(c1c(Cl)cccc1Cl)N1CCc2c(ccnc2Nc2cnc3ccccc3c2)C1. The molecule has 4 aromatic rings. The van der Waals surface area contributed by atoms with E-state index in [-0.39, 0.29) is 21.5 Å². The Labute approximate surface area is 195 Å². The quantitative estimate of drug-likeness (QED) is 0.418. The third-order valence-corrected chi connectivity index (χ3v) is 8.28. The van der Waals surface area contributed by atoms with Gasteiger partial charge in [-0.05, 0) is 42.3 Å². The summed E-state index contributed by atoms with van der Waals surface area (Å²) in [5.41, 5.74) is 3.61. The molecule has 9 heteroatoms. The molecule has 0 unspecified atom stereocenters. The van der Waals surface area contributed by atoms with E-state index in [1.807, 2.05) is 36.4 Å². The van der Waals surface area contributed by atoms with Crippen LogP contribution in [0.1, 0.15) is 11.1 Å². The van der Waals surface area contributed by atoms with Gasteiger partial charge in [0.2, 0.25) is 10.0 Å². The van der Waals surface area contributed by atoms with Gasteiger partial charge in [-0.2, -0.15) is 4.31 Å². The second-order valence-corrected chi connectivity index (χ2v) is 10.2. The Bertz CT molecular complexity index is 1420. The lowest BCUT2D eigenvalue weighted by atomic mass is 10.0. The van der Waals surface area contributed by atoms with Crippen molar-refractivity contribution in [1.82, 2.24) is 14.3 Å². The van der Waals surface area contributed by atoms with Gasteiger partial charge in [-0.3, -0.25) is 4.98 Å². The van der Waals surface area contributed by atoms with Gasteiger partial charge in [0.1, 0.15) is 10.7 Å². The van der Waals surface area contributed by atoms with Crippen LogP contribution in [-0.4, -0.2) is 29.2 Å². The third-order valence-electron chi connectivity index (χ3n) is 5.48. The highest BCUT2D eigenvalue weighted by molar-refractivity contribution is 7.89. The number of nitrogens with zero attached hydrogens (tertiary/aromatic N) is 3. The van der Waals surface area contributed by atoms with E-state index in [4.69, 9.17) is 23.2 Å². The molecule has 0 fully saturated rings. The Balaban J connectivity index is 1.44. The predicted octanol–water partition coefficient (Wildman–Crippen LogP) is 5.43. The number of anilines is 2. The van der Waals surface area contributed by atoms with Crippen LogP contribution in [0.5, 0.6) is 0 Å². The lowest BCUT2D eigenvalue weighted by molar-refractivity contribution is 0.391. The fourth-order valence-electron chi connectivity index (χ4n) is 3.91. The van der Waals surface area contributed by atoms with Gasteiger partial charge in [0.15, 0.2) is 0 Å². The zero-order chi connectivity index (χ0) is 22.3. The summed E-state index contributed by atoms with van der Waals surface area (Å²) >= 11 is 12.3. The molecule has 1 N–H and O–H groups in total. The summed E-state index contributed by atoms with van der Waals surface area (Å²) in [4.78, 5) is 8.92. The number of fused-ring (bicyclic) bond motifs is 2. The monoisotopic (exact) mass is 484 g/mol. The molecule has 6 nitrogen and oxygen atoms in total. The van der Waals surface area contributed by atoms with Gasteiger partial charge in [-0.25, -0.2) is 13.4 Å². The van der Waals surface area contributed by atoms with E-state index in [1.54, 1.807) is 18.5 Å². The summed E-state index contributed by atoms with van der Waals surface area (Å²) < 4.78 is 27.9. The van der Waals surface area contributed by atoms with Crippen molar-refractivity contribution in [1.29, 1.82) is 0 Å². The van der Waals surface area contributed by atoms with Gasteiger partial charge in [0.05, 0.1) is 27.4 Å². The maximum Gasteiger partial charge on any atom is 0.246 e. The summed E-state index contributed by atoms with van der Waals surface area (Å²) in [6, 6.07) is 16.4. The summed E-state index contributed by atoms with van der Waals surface area (Å²) in [7, 11) is -3.84. The van der Waals surface area contributed by atoms with Crippen molar-refractivity contribution >= 4 is 55.6 Å². The zero-order valence-corrected chi connectivity index (χ0v) is 19.1. The Morgan fingerprint density at radius 3 is 2.56 bits per heavy atom. The lowest BCUT2D eigenvalue weighted by Gasteiger charge is -2.29. The van der Waals surface area contributed by atoms with Crippen LogP contribution in [0.25, 0.3) is 10.9 Å². The summed E-state index contributed by atoms with van der Waals surface area (Å²) in [6.07, 6.45) is 3.95. The highest BCUT2D eigenvalue weighted by atomic mass is 35.5. The average Bonchev–Trinajstić information content (AvgIpc) is 2.78. The van der Waals surface area contributed by atoms with Gasteiger partial charge in [-0.15, -0.1) is 0 Å². The molecule has 0 amide bonds. The van der Waals surface area contributed by atoms with Gasteiger partial charge < -0.3 is 5.32 Å². The molecule has 0 saturated carbocycles. The summed E-state index contributed by atoms with van der Waals surface area (Å²) in [5, 5.41) is 4.60. The zero-order valence-electron chi connectivity index (χ0n) is 16.8. The predicted molar refractivity (Wildman–Crippen MR) is 127 cm³/mol. The minimum Gasteiger partial charge on any atom is -0.339 e. The van der Waals surface area contributed by atoms with Crippen LogP contribution in [0.3, 0.4) is 0 Å². The molecule has 1 aliphatic heterocycles. The van der Waals surface area contributed by atoms with Gasteiger partial charge in [0, 0.05) is 30.2 Å². The minimum absolute atomic E-state index is 0.0542. The summed E-state index contributed by atoms with van der Waals surface area (Å²) in [6.45, 7) is 0.514. The lowest BCUT2D eigenvalue weighted by Crippen LogP contribution is -2.36. The first-order valence-corrected chi connectivity index (χ1v) is 12.2. The van der Waals surface area contributed by atoms with E-state index in [0.717, 1.165) is 27.7 Å². The molecule has 0 saturated heterocycles. The Hall–Kier alpha value is -2.71. The van der Waals surface area contributed by atoms with Crippen molar-refractivity contribution in [3.05, 3.63) is 88.2 Å². The van der Waals surface area contributed by atoms with Crippen molar-refractivity contribution in [2.45, 2.75) is 17.9 Å². The number of aromatic nitrogens is 2. The smallest absolute Gasteiger partial charge is 0.246 e. The standard InChI is InChI=1S/C23H18Cl2N4O2S/c24-19-5-3-6-20(25)22(19)32(30,31)29-11-9-18-16(14-29)8-10-26-23(18)28-17-12-15-4-1-2-7-21(15)27-13-17/h1-8,10,12-13H,9,11,14H2,(H,26,28). The molecule has 0 spiro atoms. The van der Waals surface area contributed by atoms with E-state index in [1.165, 1.54) is 16.4 Å². The van der Waals surface area contributed by atoms with Crippen molar-refractivity contribution in [3.8, 4) is 0 Å². The highest BCUT2D eigenvalue weighted by Crippen LogP contribution is 2.35. The molecule has 5 rings (SSSR count). The Morgan fingerprint density at radius 1 is 0.969 bits per heavy atom. The Kier molecular flexibility index (Phi) is 5.51. The van der Waals surface area contributed by atoms with Crippen LogP contribution in [0.15, 0.2) is 71.9 Å². The van der Waals surface area contributed by atoms with Gasteiger partial charge in [0.25, 0.3) is 0 Å². The number of rotatable bonds is 4. The molecule has 1 aliphatic rings. The molecular formula is C23H18Cl2N4O2S. The minimum atomic E-state index is -3.84. The van der Waals surface area contributed by atoms with E-state index in [0.29, 0.717) is 18.8 Å². The van der Waals surface area contributed by atoms with E-state index in [9.17, 15) is 8.42 Å². The fraction of sp³-hybridized carbons (Fsp3) is 0.130. The molecule has 2 aromatic heterocycles. The number of sulfonamides is 1. The van der Waals surface area contributed by atoms with E-state index < -0.39 is 10.0 Å². The second kappa shape index (κ2) is 8.33. The number of benzene rings is 2. The van der Waals surface area contributed by atoms with Gasteiger partial charge in [-0.1, -0.05) is 47.5 Å². The van der Waals surface area contributed by atoms with E-state index >= 15 is 0 Å². The van der Waals surface area contributed by atoms with E-state index in [2.05, 4.69) is 15.3 Å². The molecule has 2 aromatic carbocycles. The topological polar surface area (TPSA) is 75.2 Å². The normalized spacial score (nSPS) is 14.3. The average molecular weight is 485 g/mol. The first-order valence-electron chi connectivity index (χ1n) is 9.96. The molecule has 0 bridgehead atoms. The number of halogens is 2. The molecule has 0 aliphatic carbocycles. The first-order chi connectivity index (χ1) is 15.4.